The van der Waals surface area contributed by atoms with E-state index in [1.54, 1.807) is 0 Å². The van der Waals surface area contributed by atoms with Crippen LogP contribution in [0, 0.1) is 0 Å². The number of likely N-dealkylation sites (N-methyl/N-ethyl adjacent to an activating group) is 1. The Morgan fingerprint density at radius 1 is 1.54 bits per heavy atom. The number of rotatable bonds is 2. The van der Waals surface area contributed by atoms with Crippen molar-refractivity contribution in [3.8, 4) is 0 Å². The third-order valence-corrected chi connectivity index (χ3v) is 2.89. The lowest BCUT2D eigenvalue weighted by Gasteiger charge is -2.35. The van der Waals surface area contributed by atoms with Gasteiger partial charge >= 0.3 is 0 Å². The van der Waals surface area contributed by atoms with Gasteiger partial charge in [-0.15, -0.1) is 0 Å². The molecule has 76 valence electrons. The Labute approximate surface area is 80.5 Å². The number of carbonyl (C=O) groups is 1. The van der Waals surface area contributed by atoms with Gasteiger partial charge in [0.1, 0.15) is 0 Å². The van der Waals surface area contributed by atoms with E-state index in [4.69, 9.17) is 0 Å². The number of likely N-dealkylation sites (tertiary alicyclic amines) is 1. The Morgan fingerprint density at radius 2 is 2.23 bits per heavy atom. The molecule has 0 aromatic carbocycles. The first-order valence-corrected chi connectivity index (χ1v) is 5.14. The van der Waals surface area contributed by atoms with Crippen LogP contribution in [0.25, 0.3) is 0 Å². The molecule has 2 unspecified atom stereocenters. The quantitative estimate of drug-likeness (QED) is 0.694. The minimum atomic E-state index is -0.0412. The second-order valence-electron chi connectivity index (χ2n) is 3.89. The molecule has 3 heteroatoms. The summed E-state index contributed by atoms with van der Waals surface area (Å²) >= 11 is 0. The minimum absolute atomic E-state index is 0.0412. The highest BCUT2D eigenvalue weighted by atomic mass is 16.2. The molecule has 1 heterocycles. The van der Waals surface area contributed by atoms with Gasteiger partial charge in [-0.25, -0.2) is 0 Å². The van der Waals surface area contributed by atoms with Crippen molar-refractivity contribution in [3.05, 3.63) is 0 Å². The Morgan fingerprint density at radius 3 is 2.77 bits per heavy atom. The Kier molecular flexibility index (Phi) is 3.72. The number of amides is 1. The van der Waals surface area contributed by atoms with Gasteiger partial charge in [-0.3, -0.25) is 4.79 Å². The molecule has 1 saturated heterocycles. The Bertz CT molecular complexity index is 182. The summed E-state index contributed by atoms with van der Waals surface area (Å²) in [7, 11) is 1.83. The van der Waals surface area contributed by atoms with Crippen molar-refractivity contribution in [2.24, 2.45) is 0 Å². The third-order valence-electron chi connectivity index (χ3n) is 2.89. The summed E-state index contributed by atoms with van der Waals surface area (Å²) < 4.78 is 0. The van der Waals surface area contributed by atoms with Gasteiger partial charge in [0.15, 0.2) is 0 Å². The number of hydrogen-bond acceptors (Lipinski definition) is 2. The van der Waals surface area contributed by atoms with E-state index in [0.717, 1.165) is 19.4 Å². The lowest BCUT2D eigenvalue weighted by atomic mass is 10.0. The summed E-state index contributed by atoms with van der Waals surface area (Å²) in [6, 6.07) is 0.387. The zero-order valence-corrected chi connectivity index (χ0v) is 8.84. The topological polar surface area (TPSA) is 32.3 Å². The van der Waals surface area contributed by atoms with Crippen molar-refractivity contribution in [2.75, 3.05) is 13.6 Å². The fourth-order valence-electron chi connectivity index (χ4n) is 1.80. The predicted molar refractivity (Wildman–Crippen MR) is 53.5 cm³/mol. The van der Waals surface area contributed by atoms with Gasteiger partial charge in [-0.05, 0) is 40.2 Å². The second kappa shape index (κ2) is 4.61. The van der Waals surface area contributed by atoms with Crippen LogP contribution < -0.4 is 5.32 Å². The zero-order valence-electron chi connectivity index (χ0n) is 8.84. The van der Waals surface area contributed by atoms with Crippen LogP contribution in [0.2, 0.25) is 0 Å². The average Bonchev–Trinajstić information content (AvgIpc) is 2.16. The summed E-state index contributed by atoms with van der Waals surface area (Å²) in [6.07, 6.45) is 3.58. The maximum absolute atomic E-state index is 11.8. The van der Waals surface area contributed by atoms with E-state index in [2.05, 4.69) is 12.2 Å². The fourth-order valence-corrected chi connectivity index (χ4v) is 1.80. The molecule has 0 spiro atoms. The van der Waals surface area contributed by atoms with Gasteiger partial charge in [0, 0.05) is 12.6 Å². The van der Waals surface area contributed by atoms with E-state index < -0.39 is 0 Å². The summed E-state index contributed by atoms with van der Waals surface area (Å²) in [5, 5.41) is 2.99. The van der Waals surface area contributed by atoms with Crippen molar-refractivity contribution < 1.29 is 4.79 Å². The number of nitrogens with zero attached hydrogens (tertiary/aromatic N) is 1. The standard InChI is InChI=1S/C10H20N2O/c1-8-6-4-5-7-12(8)10(13)9(2)11-3/h8-9,11H,4-7H2,1-3H3. The molecule has 0 radical (unpaired) electrons. The molecular weight excluding hydrogens is 164 g/mol. The van der Waals surface area contributed by atoms with Gasteiger partial charge in [0.25, 0.3) is 0 Å². The molecule has 2 atom stereocenters. The van der Waals surface area contributed by atoms with Crippen LogP contribution in [-0.2, 0) is 4.79 Å². The number of carbonyl (C=O) groups excluding carboxylic acids is 1. The maximum atomic E-state index is 11.8. The molecule has 0 bridgehead atoms. The first-order chi connectivity index (χ1) is 6.16. The highest BCUT2D eigenvalue weighted by Gasteiger charge is 2.25. The summed E-state index contributed by atoms with van der Waals surface area (Å²) in [4.78, 5) is 13.8. The molecule has 0 saturated carbocycles. The molecule has 0 aromatic rings. The van der Waals surface area contributed by atoms with Crippen molar-refractivity contribution in [2.45, 2.75) is 45.2 Å². The SMILES string of the molecule is CNC(C)C(=O)N1CCCCC1C. The molecule has 1 fully saturated rings. The van der Waals surface area contributed by atoms with Gasteiger partial charge < -0.3 is 10.2 Å². The van der Waals surface area contributed by atoms with E-state index in [0.29, 0.717) is 6.04 Å². The van der Waals surface area contributed by atoms with Crippen molar-refractivity contribution in [1.82, 2.24) is 10.2 Å². The predicted octanol–water partition coefficient (Wildman–Crippen LogP) is 0.995. The molecule has 1 rings (SSSR count). The van der Waals surface area contributed by atoms with E-state index in [1.807, 2.05) is 18.9 Å². The Balaban J connectivity index is 2.53. The van der Waals surface area contributed by atoms with Crippen LogP contribution in [0.1, 0.15) is 33.1 Å². The maximum Gasteiger partial charge on any atom is 0.239 e. The van der Waals surface area contributed by atoms with Crippen LogP contribution in [0.15, 0.2) is 0 Å². The molecule has 1 aliphatic rings. The van der Waals surface area contributed by atoms with Crippen molar-refractivity contribution in [1.29, 1.82) is 0 Å². The van der Waals surface area contributed by atoms with Gasteiger partial charge in [-0.1, -0.05) is 0 Å². The minimum Gasteiger partial charge on any atom is -0.339 e. The number of nitrogens with one attached hydrogen (secondary N) is 1. The monoisotopic (exact) mass is 184 g/mol. The Hall–Kier alpha value is -0.570. The molecule has 0 aliphatic carbocycles. The van der Waals surface area contributed by atoms with Crippen molar-refractivity contribution >= 4 is 5.91 Å². The molecule has 1 aliphatic heterocycles. The second-order valence-corrected chi connectivity index (χ2v) is 3.89. The van der Waals surface area contributed by atoms with Gasteiger partial charge in [0.2, 0.25) is 5.91 Å². The lowest BCUT2D eigenvalue weighted by Crippen LogP contribution is -2.49. The van der Waals surface area contributed by atoms with E-state index >= 15 is 0 Å². The summed E-state index contributed by atoms with van der Waals surface area (Å²) in [5.74, 6) is 0.245. The van der Waals surface area contributed by atoms with Crippen LogP contribution in [0.5, 0.6) is 0 Å². The third kappa shape index (κ3) is 2.44. The molecular formula is C10H20N2O. The largest absolute Gasteiger partial charge is 0.339 e. The molecule has 0 aromatic heterocycles. The first-order valence-electron chi connectivity index (χ1n) is 5.14. The normalized spacial score (nSPS) is 25.8. The lowest BCUT2D eigenvalue weighted by molar-refractivity contribution is -0.136. The highest BCUT2D eigenvalue weighted by Crippen LogP contribution is 2.16. The van der Waals surface area contributed by atoms with Crippen molar-refractivity contribution in [3.63, 3.8) is 0 Å². The average molecular weight is 184 g/mol. The van der Waals surface area contributed by atoms with E-state index in [9.17, 15) is 4.79 Å². The van der Waals surface area contributed by atoms with E-state index in [1.165, 1.54) is 6.42 Å². The summed E-state index contributed by atoms with van der Waals surface area (Å²) in [5.41, 5.74) is 0. The molecule has 1 N–H and O–H groups in total. The molecule has 3 nitrogen and oxygen atoms in total. The highest BCUT2D eigenvalue weighted by molar-refractivity contribution is 5.81. The van der Waals surface area contributed by atoms with Gasteiger partial charge in [-0.2, -0.15) is 0 Å². The van der Waals surface area contributed by atoms with Gasteiger partial charge in [0.05, 0.1) is 6.04 Å². The van der Waals surface area contributed by atoms with Crippen LogP contribution in [-0.4, -0.2) is 36.5 Å². The number of piperidine rings is 1. The van der Waals surface area contributed by atoms with Crippen LogP contribution in [0.4, 0.5) is 0 Å². The fraction of sp³-hybridized carbons (Fsp3) is 0.900. The smallest absolute Gasteiger partial charge is 0.239 e. The molecule has 13 heavy (non-hydrogen) atoms. The van der Waals surface area contributed by atoms with E-state index in [-0.39, 0.29) is 11.9 Å². The molecule has 1 amide bonds. The zero-order chi connectivity index (χ0) is 9.84. The number of hydrogen-bond donors (Lipinski definition) is 1. The van der Waals surface area contributed by atoms with Crippen LogP contribution >= 0.6 is 0 Å². The summed E-state index contributed by atoms with van der Waals surface area (Å²) in [6.45, 7) is 5.00. The van der Waals surface area contributed by atoms with Crippen LogP contribution in [0.3, 0.4) is 0 Å². The first kappa shape index (κ1) is 10.5.